The van der Waals surface area contributed by atoms with E-state index in [1.54, 1.807) is 7.11 Å². The zero-order valence-electron chi connectivity index (χ0n) is 10.1. The molecule has 4 nitrogen and oxygen atoms in total. The van der Waals surface area contributed by atoms with Gasteiger partial charge in [-0.1, -0.05) is 0 Å². The summed E-state index contributed by atoms with van der Waals surface area (Å²) >= 11 is 0. The SMILES string of the molecule is COCCNC1(CN)CCCN(C)CC1. The first-order valence-corrected chi connectivity index (χ1v) is 5.85. The standard InChI is InChI=1S/C11H25N3O/c1-14-7-3-4-11(10-12,5-8-14)13-6-9-15-2/h13H,3-10,12H2,1-2H3. The summed E-state index contributed by atoms with van der Waals surface area (Å²) in [5.41, 5.74) is 6.06. The topological polar surface area (TPSA) is 50.5 Å². The van der Waals surface area contributed by atoms with Gasteiger partial charge in [0.05, 0.1) is 6.61 Å². The summed E-state index contributed by atoms with van der Waals surface area (Å²) in [5.74, 6) is 0. The van der Waals surface area contributed by atoms with Gasteiger partial charge >= 0.3 is 0 Å². The molecule has 1 aliphatic rings. The minimum atomic E-state index is 0.142. The van der Waals surface area contributed by atoms with Gasteiger partial charge < -0.3 is 20.7 Å². The lowest BCUT2D eigenvalue weighted by Gasteiger charge is -2.32. The molecule has 0 radical (unpaired) electrons. The Bertz CT molecular complexity index is 177. The van der Waals surface area contributed by atoms with Crippen LogP contribution in [0, 0.1) is 0 Å². The first kappa shape index (κ1) is 12.9. The van der Waals surface area contributed by atoms with Crippen molar-refractivity contribution in [2.75, 3.05) is 46.9 Å². The van der Waals surface area contributed by atoms with Crippen LogP contribution in [0.5, 0.6) is 0 Å². The Morgan fingerprint density at radius 3 is 2.87 bits per heavy atom. The Morgan fingerprint density at radius 1 is 1.40 bits per heavy atom. The van der Waals surface area contributed by atoms with Gasteiger partial charge in [-0.05, 0) is 39.4 Å². The molecule has 0 aromatic heterocycles. The van der Waals surface area contributed by atoms with E-state index in [1.807, 2.05) is 0 Å². The van der Waals surface area contributed by atoms with Crippen molar-refractivity contribution >= 4 is 0 Å². The molecule has 1 unspecified atom stereocenters. The van der Waals surface area contributed by atoms with Crippen LogP contribution < -0.4 is 11.1 Å². The highest BCUT2D eigenvalue weighted by molar-refractivity contribution is 4.91. The molecule has 1 atom stereocenters. The van der Waals surface area contributed by atoms with Gasteiger partial charge in [0, 0.05) is 25.7 Å². The summed E-state index contributed by atoms with van der Waals surface area (Å²) in [7, 11) is 3.92. The fourth-order valence-corrected chi connectivity index (χ4v) is 2.20. The average Bonchev–Trinajstić information content (AvgIpc) is 2.42. The number of ether oxygens (including phenoxy) is 1. The maximum Gasteiger partial charge on any atom is 0.0587 e. The second kappa shape index (κ2) is 6.43. The fourth-order valence-electron chi connectivity index (χ4n) is 2.20. The molecule has 1 aliphatic heterocycles. The van der Waals surface area contributed by atoms with Crippen molar-refractivity contribution in [3.63, 3.8) is 0 Å². The van der Waals surface area contributed by atoms with Crippen LogP contribution in [-0.2, 0) is 4.74 Å². The third-order valence-electron chi connectivity index (χ3n) is 3.36. The summed E-state index contributed by atoms with van der Waals surface area (Å²) in [5, 5.41) is 3.57. The van der Waals surface area contributed by atoms with Crippen LogP contribution >= 0.6 is 0 Å². The van der Waals surface area contributed by atoms with Crippen LogP contribution in [0.1, 0.15) is 19.3 Å². The first-order chi connectivity index (χ1) is 7.22. The lowest BCUT2D eigenvalue weighted by molar-refractivity contribution is 0.179. The lowest BCUT2D eigenvalue weighted by atomic mass is 9.90. The van der Waals surface area contributed by atoms with Gasteiger partial charge in [0.1, 0.15) is 0 Å². The Kier molecular flexibility index (Phi) is 5.53. The molecule has 4 heteroatoms. The van der Waals surface area contributed by atoms with E-state index in [0.29, 0.717) is 0 Å². The number of hydrogen-bond donors (Lipinski definition) is 2. The predicted octanol–water partition coefficient (Wildman–Crippen LogP) is 0.0356. The molecule has 0 aromatic rings. The highest BCUT2D eigenvalue weighted by Gasteiger charge is 2.29. The summed E-state index contributed by atoms with van der Waals surface area (Å²) in [6.07, 6.45) is 3.55. The van der Waals surface area contributed by atoms with E-state index in [4.69, 9.17) is 10.5 Å². The number of nitrogens with zero attached hydrogens (tertiary/aromatic N) is 1. The molecule has 0 aliphatic carbocycles. The zero-order valence-corrected chi connectivity index (χ0v) is 10.1. The fraction of sp³-hybridized carbons (Fsp3) is 1.00. The van der Waals surface area contributed by atoms with Crippen molar-refractivity contribution < 1.29 is 4.74 Å². The van der Waals surface area contributed by atoms with E-state index in [1.165, 1.54) is 19.4 Å². The zero-order chi connectivity index (χ0) is 11.1. The number of nitrogens with one attached hydrogen (secondary N) is 1. The van der Waals surface area contributed by atoms with Crippen LogP contribution in [0.2, 0.25) is 0 Å². The number of likely N-dealkylation sites (tertiary alicyclic amines) is 1. The minimum Gasteiger partial charge on any atom is -0.383 e. The van der Waals surface area contributed by atoms with E-state index in [-0.39, 0.29) is 5.54 Å². The Balaban J connectivity index is 2.42. The summed E-state index contributed by atoms with van der Waals surface area (Å²) in [6, 6.07) is 0. The van der Waals surface area contributed by atoms with Crippen molar-refractivity contribution in [1.29, 1.82) is 0 Å². The molecule has 1 rings (SSSR count). The molecule has 0 saturated carbocycles. The molecule has 0 amide bonds. The molecule has 1 fully saturated rings. The molecule has 0 aromatic carbocycles. The largest absolute Gasteiger partial charge is 0.383 e. The lowest BCUT2D eigenvalue weighted by Crippen LogP contribution is -2.52. The van der Waals surface area contributed by atoms with Gasteiger partial charge in [-0.2, -0.15) is 0 Å². The number of rotatable bonds is 5. The van der Waals surface area contributed by atoms with Crippen molar-refractivity contribution in [3.8, 4) is 0 Å². The van der Waals surface area contributed by atoms with Crippen molar-refractivity contribution in [1.82, 2.24) is 10.2 Å². The molecular weight excluding hydrogens is 190 g/mol. The maximum atomic E-state index is 5.91. The van der Waals surface area contributed by atoms with Crippen molar-refractivity contribution in [3.05, 3.63) is 0 Å². The van der Waals surface area contributed by atoms with Crippen LogP contribution in [-0.4, -0.2) is 57.4 Å². The van der Waals surface area contributed by atoms with Crippen LogP contribution in [0.25, 0.3) is 0 Å². The molecule has 15 heavy (non-hydrogen) atoms. The van der Waals surface area contributed by atoms with Gasteiger partial charge in [0.2, 0.25) is 0 Å². The van der Waals surface area contributed by atoms with E-state index in [9.17, 15) is 0 Å². The molecule has 0 spiro atoms. The highest BCUT2D eigenvalue weighted by Crippen LogP contribution is 2.20. The predicted molar refractivity (Wildman–Crippen MR) is 63.0 cm³/mol. The van der Waals surface area contributed by atoms with E-state index in [2.05, 4.69) is 17.3 Å². The summed E-state index contributed by atoms with van der Waals surface area (Å²) in [6.45, 7) is 4.71. The molecule has 0 bridgehead atoms. The van der Waals surface area contributed by atoms with Crippen LogP contribution in [0.4, 0.5) is 0 Å². The van der Waals surface area contributed by atoms with Crippen LogP contribution in [0.15, 0.2) is 0 Å². The Morgan fingerprint density at radius 2 is 2.20 bits per heavy atom. The molecule has 90 valence electrons. The third kappa shape index (κ3) is 4.07. The smallest absolute Gasteiger partial charge is 0.0587 e. The van der Waals surface area contributed by atoms with Gasteiger partial charge in [-0.25, -0.2) is 0 Å². The maximum absolute atomic E-state index is 5.91. The van der Waals surface area contributed by atoms with E-state index >= 15 is 0 Å². The molecular formula is C11H25N3O. The first-order valence-electron chi connectivity index (χ1n) is 5.85. The molecule has 1 saturated heterocycles. The monoisotopic (exact) mass is 215 g/mol. The number of nitrogens with two attached hydrogens (primary N) is 1. The summed E-state index contributed by atoms with van der Waals surface area (Å²) < 4.78 is 5.06. The highest BCUT2D eigenvalue weighted by atomic mass is 16.5. The van der Waals surface area contributed by atoms with Crippen molar-refractivity contribution in [2.24, 2.45) is 5.73 Å². The van der Waals surface area contributed by atoms with Gasteiger partial charge in [0.25, 0.3) is 0 Å². The quantitative estimate of drug-likeness (QED) is 0.636. The summed E-state index contributed by atoms with van der Waals surface area (Å²) in [4.78, 5) is 2.38. The van der Waals surface area contributed by atoms with Crippen LogP contribution in [0.3, 0.4) is 0 Å². The average molecular weight is 215 g/mol. The van der Waals surface area contributed by atoms with Gasteiger partial charge in [-0.3, -0.25) is 0 Å². The van der Waals surface area contributed by atoms with E-state index in [0.717, 1.165) is 32.7 Å². The Labute approximate surface area is 93.1 Å². The third-order valence-corrected chi connectivity index (χ3v) is 3.36. The van der Waals surface area contributed by atoms with E-state index < -0.39 is 0 Å². The minimum absolute atomic E-state index is 0.142. The van der Waals surface area contributed by atoms with Crippen molar-refractivity contribution in [2.45, 2.75) is 24.8 Å². The number of hydrogen-bond acceptors (Lipinski definition) is 4. The number of methoxy groups -OCH3 is 1. The normalized spacial score (nSPS) is 29.0. The van der Waals surface area contributed by atoms with Gasteiger partial charge in [0.15, 0.2) is 0 Å². The molecule has 1 heterocycles. The second-order valence-corrected chi connectivity index (χ2v) is 4.56. The Hall–Kier alpha value is -0.160. The van der Waals surface area contributed by atoms with Gasteiger partial charge in [-0.15, -0.1) is 0 Å². The molecule has 3 N–H and O–H groups in total. The second-order valence-electron chi connectivity index (χ2n) is 4.56.